The normalized spacial score (nSPS) is 51.9. The second kappa shape index (κ2) is 7.43. The van der Waals surface area contributed by atoms with E-state index in [9.17, 15) is 19.8 Å². The van der Waals surface area contributed by atoms with Crippen molar-refractivity contribution in [1.82, 2.24) is 0 Å². The molecule has 4 heteroatoms. The van der Waals surface area contributed by atoms with Gasteiger partial charge in [0.05, 0.1) is 11.5 Å². The van der Waals surface area contributed by atoms with Crippen LogP contribution in [0.15, 0.2) is 11.6 Å². The predicted octanol–water partition coefficient (Wildman–Crippen LogP) is 6.41. The monoisotopic (exact) mass is 470 g/mol. The van der Waals surface area contributed by atoms with Crippen LogP contribution in [0.1, 0.15) is 106 Å². The van der Waals surface area contributed by atoms with E-state index in [1.54, 1.807) is 0 Å². The van der Waals surface area contributed by atoms with Crippen molar-refractivity contribution >= 4 is 11.8 Å². The van der Waals surface area contributed by atoms with Crippen LogP contribution in [0.25, 0.3) is 0 Å². The van der Waals surface area contributed by atoms with Gasteiger partial charge in [-0.25, -0.2) is 0 Å². The summed E-state index contributed by atoms with van der Waals surface area (Å²) in [6, 6.07) is 0. The predicted molar refractivity (Wildman–Crippen MR) is 133 cm³/mol. The van der Waals surface area contributed by atoms with Crippen LogP contribution in [-0.2, 0) is 9.59 Å². The highest BCUT2D eigenvalue weighted by Gasteiger charge is 2.83. The maximum absolute atomic E-state index is 12.6. The molecule has 0 aliphatic heterocycles. The van der Waals surface area contributed by atoms with E-state index in [0.29, 0.717) is 30.6 Å². The number of carboxylic acid groups (broad SMARTS) is 1. The number of aliphatic hydroxyl groups is 1. The van der Waals surface area contributed by atoms with Crippen LogP contribution in [0.4, 0.5) is 0 Å². The molecule has 10 atom stereocenters. The van der Waals surface area contributed by atoms with E-state index in [4.69, 9.17) is 0 Å². The SMILES string of the molecule is CC(C)=CC(=O)CC(C)C1CCC2(C)C3CCC4C(C)(C(=O)O)C(O)CCC45CC35CCC12C. The zero-order chi connectivity index (χ0) is 24.9. The molecular weight excluding hydrogens is 424 g/mol. The molecule has 4 nitrogen and oxygen atoms in total. The fourth-order valence-corrected chi connectivity index (χ4v) is 11.2. The number of rotatable bonds is 5. The average molecular weight is 471 g/mol. The van der Waals surface area contributed by atoms with Crippen LogP contribution in [0.5, 0.6) is 0 Å². The Morgan fingerprint density at radius 2 is 1.56 bits per heavy atom. The lowest BCUT2D eigenvalue weighted by atomic mass is 9.41. The summed E-state index contributed by atoms with van der Waals surface area (Å²) < 4.78 is 0. The zero-order valence-corrected chi connectivity index (χ0v) is 22.2. The first-order valence-corrected chi connectivity index (χ1v) is 13.9. The third kappa shape index (κ3) is 2.81. The third-order valence-corrected chi connectivity index (χ3v) is 12.9. The number of fused-ring (bicyclic) bond motifs is 2. The third-order valence-electron chi connectivity index (χ3n) is 12.9. The van der Waals surface area contributed by atoms with Gasteiger partial charge in [-0.05, 0) is 130 Å². The van der Waals surface area contributed by atoms with E-state index in [1.807, 2.05) is 26.8 Å². The molecule has 0 amide bonds. The van der Waals surface area contributed by atoms with Gasteiger partial charge in [0.1, 0.15) is 0 Å². The fourth-order valence-electron chi connectivity index (χ4n) is 11.2. The summed E-state index contributed by atoms with van der Waals surface area (Å²) in [7, 11) is 0. The molecule has 5 rings (SSSR count). The minimum atomic E-state index is -1.01. The molecule has 10 unspecified atom stereocenters. The quantitative estimate of drug-likeness (QED) is 0.455. The van der Waals surface area contributed by atoms with Crippen molar-refractivity contribution in [3.05, 3.63) is 11.6 Å². The molecule has 0 heterocycles. The van der Waals surface area contributed by atoms with Crippen LogP contribution in [0.3, 0.4) is 0 Å². The van der Waals surface area contributed by atoms with E-state index < -0.39 is 17.5 Å². The molecule has 34 heavy (non-hydrogen) atoms. The molecule has 2 spiro atoms. The van der Waals surface area contributed by atoms with E-state index in [-0.39, 0.29) is 33.4 Å². The second-order valence-corrected chi connectivity index (χ2v) is 14.2. The van der Waals surface area contributed by atoms with Crippen molar-refractivity contribution in [2.75, 3.05) is 0 Å². The van der Waals surface area contributed by atoms with Crippen molar-refractivity contribution in [2.45, 2.75) is 112 Å². The summed E-state index contributed by atoms with van der Waals surface area (Å²) in [6.45, 7) is 13.2. The maximum atomic E-state index is 12.6. The highest BCUT2D eigenvalue weighted by molar-refractivity contribution is 5.90. The molecule has 5 saturated carbocycles. The molecular formula is C30H46O4. The van der Waals surface area contributed by atoms with E-state index in [0.717, 1.165) is 24.8 Å². The summed E-state index contributed by atoms with van der Waals surface area (Å²) in [5.41, 5.74) is 0.975. The highest BCUT2D eigenvalue weighted by Crippen LogP contribution is 2.89. The molecule has 0 aromatic rings. The van der Waals surface area contributed by atoms with Gasteiger partial charge in [0, 0.05) is 6.42 Å². The Bertz CT molecular complexity index is 934. The smallest absolute Gasteiger partial charge is 0.312 e. The fraction of sp³-hybridized carbons (Fsp3) is 0.867. The van der Waals surface area contributed by atoms with E-state index >= 15 is 0 Å². The van der Waals surface area contributed by atoms with Gasteiger partial charge in [0.2, 0.25) is 0 Å². The number of carbonyl (C=O) groups excluding carboxylic acids is 1. The first-order chi connectivity index (χ1) is 15.8. The van der Waals surface area contributed by atoms with Gasteiger partial charge in [0.15, 0.2) is 5.78 Å². The lowest BCUT2D eigenvalue weighted by molar-refractivity contribution is -0.189. The van der Waals surface area contributed by atoms with Crippen molar-refractivity contribution in [1.29, 1.82) is 0 Å². The van der Waals surface area contributed by atoms with Crippen molar-refractivity contribution in [3.8, 4) is 0 Å². The lowest BCUT2D eigenvalue weighted by Crippen LogP contribution is -2.60. The van der Waals surface area contributed by atoms with Crippen LogP contribution >= 0.6 is 0 Å². The Hall–Kier alpha value is -1.16. The molecule has 0 bridgehead atoms. The molecule has 0 saturated heterocycles. The number of carboxylic acids is 1. The Balaban J connectivity index is 1.43. The number of hydrogen-bond donors (Lipinski definition) is 2. The number of carbonyl (C=O) groups is 2. The maximum Gasteiger partial charge on any atom is 0.312 e. The Morgan fingerprint density at radius 1 is 0.912 bits per heavy atom. The Labute approximate surface area is 206 Å². The summed E-state index contributed by atoms with van der Waals surface area (Å²) in [5.74, 6) is 1.19. The minimum Gasteiger partial charge on any atom is -0.481 e. The standard InChI is InChI=1S/C30H46O4/c1-18(2)15-20(31)16-19(3)21-9-11-27(5)22-7-8-23-28(6,25(33)34)24(32)10-12-29(23)17-30(22,29)14-13-26(21,27)4/h15,19,21-24,32H,7-14,16-17H2,1-6H3,(H,33,34). The molecule has 5 aliphatic rings. The Kier molecular flexibility index (Phi) is 5.36. The Morgan fingerprint density at radius 3 is 2.21 bits per heavy atom. The van der Waals surface area contributed by atoms with Gasteiger partial charge in [-0.3, -0.25) is 9.59 Å². The molecule has 190 valence electrons. The largest absolute Gasteiger partial charge is 0.481 e. The minimum absolute atomic E-state index is 0.100. The summed E-state index contributed by atoms with van der Waals surface area (Å²) >= 11 is 0. The number of hydrogen-bond acceptors (Lipinski definition) is 3. The first kappa shape index (κ1) is 24.5. The van der Waals surface area contributed by atoms with E-state index in [1.165, 1.54) is 32.1 Å². The van der Waals surface area contributed by atoms with E-state index in [2.05, 4.69) is 20.8 Å². The lowest BCUT2D eigenvalue weighted by Gasteiger charge is -2.63. The molecule has 0 radical (unpaired) electrons. The number of aliphatic hydroxyl groups excluding tert-OH is 1. The van der Waals surface area contributed by atoms with Gasteiger partial charge in [-0.2, -0.15) is 0 Å². The molecule has 0 aromatic carbocycles. The number of ketones is 1. The van der Waals surface area contributed by atoms with Gasteiger partial charge < -0.3 is 10.2 Å². The summed E-state index contributed by atoms with van der Waals surface area (Å²) in [5, 5.41) is 21.0. The molecule has 5 aliphatic carbocycles. The van der Waals surface area contributed by atoms with Gasteiger partial charge in [-0.1, -0.05) is 26.3 Å². The second-order valence-electron chi connectivity index (χ2n) is 14.2. The number of allylic oxidation sites excluding steroid dienone is 2. The van der Waals surface area contributed by atoms with Crippen molar-refractivity contribution in [2.24, 2.45) is 50.7 Å². The average Bonchev–Trinajstić information content (AvgIpc) is 3.32. The van der Waals surface area contributed by atoms with Crippen molar-refractivity contribution < 1.29 is 19.8 Å². The summed E-state index contributed by atoms with van der Waals surface area (Å²) in [4.78, 5) is 25.0. The van der Waals surface area contributed by atoms with Crippen molar-refractivity contribution in [3.63, 3.8) is 0 Å². The number of aliphatic carboxylic acids is 1. The summed E-state index contributed by atoms with van der Waals surface area (Å²) in [6.07, 6.45) is 11.5. The van der Waals surface area contributed by atoms with Crippen LogP contribution in [0, 0.1) is 50.7 Å². The van der Waals surface area contributed by atoms with Gasteiger partial charge in [0.25, 0.3) is 0 Å². The molecule has 2 N–H and O–H groups in total. The molecule has 5 fully saturated rings. The van der Waals surface area contributed by atoms with Crippen LogP contribution in [-0.4, -0.2) is 28.1 Å². The highest BCUT2D eigenvalue weighted by atomic mass is 16.4. The van der Waals surface area contributed by atoms with Gasteiger partial charge >= 0.3 is 5.97 Å². The van der Waals surface area contributed by atoms with Crippen LogP contribution < -0.4 is 0 Å². The van der Waals surface area contributed by atoms with Gasteiger partial charge in [-0.15, -0.1) is 0 Å². The zero-order valence-electron chi connectivity index (χ0n) is 22.2. The van der Waals surface area contributed by atoms with Crippen LogP contribution in [0.2, 0.25) is 0 Å². The first-order valence-electron chi connectivity index (χ1n) is 13.9. The molecule has 0 aromatic heterocycles. The topological polar surface area (TPSA) is 74.6 Å².